The van der Waals surface area contributed by atoms with E-state index in [4.69, 9.17) is 17.3 Å². The number of hydrazone groups is 1. The number of thiocarbonyl (C=S) groups is 1. The molecule has 0 aliphatic carbocycles. The zero-order valence-corrected chi connectivity index (χ0v) is 10.6. The molecule has 6 nitrogen and oxygen atoms in total. The molecule has 0 saturated heterocycles. The van der Waals surface area contributed by atoms with E-state index < -0.39 is 4.92 Å². The number of nitro groups is 1. The van der Waals surface area contributed by atoms with Gasteiger partial charge in [0, 0.05) is 12.1 Å². The Balaban J connectivity index is 2.73. The van der Waals surface area contributed by atoms with Crippen LogP contribution in [-0.2, 0) is 0 Å². The molecule has 0 amide bonds. The van der Waals surface area contributed by atoms with Crippen LogP contribution in [0.3, 0.4) is 0 Å². The first-order valence-corrected chi connectivity index (χ1v) is 5.48. The Kier molecular flexibility index (Phi) is 5.22. The molecule has 0 fully saturated rings. The van der Waals surface area contributed by atoms with Gasteiger partial charge in [-0.1, -0.05) is 11.6 Å². The molecule has 1 rings (SSSR count). The fourth-order valence-electron chi connectivity index (χ4n) is 1.05. The van der Waals surface area contributed by atoms with Crippen molar-refractivity contribution in [1.82, 2.24) is 5.43 Å². The van der Waals surface area contributed by atoms with Gasteiger partial charge in [-0.2, -0.15) is 5.10 Å². The number of rotatable bonds is 4. The molecule has 0 spiro atoms. The van der Waals surface area contributed by atoms with E-state index in [1.807, 2.05) is 0 Å². The van der Waals surface area contributed by atoms with Crippen molar-refractivity contribution in [1.29, 1.82) is 0 Å². The maximum Gasteiger partial charge on any atom is 0.269 e. The minimum absolute atomic E-state index is 0.0205. The molecule has 18 heavy (non-hydrogen) atoms. The fourth-order valence-corrected chi connectivity index (χ4v) is 1.27. The van der Waals surface area contributed by atoms with E-state index in [-0.39, 0.29) is 10.8 Å². The zero-order chi connectivity index (χ0) is 13.5. The van der Waals surface area contributed by atoms with Crippen LogP contribution in [0.15, 0.2) is 34.4 Å². The summed E-state index contributed by atoms with van der Waals surface area (Å²) in [5, 5.41) is 14.5. The second-order valence-corrected chi connectivity index (χ2v) is 3.99. The highest BCUT2D eigenvalue weighted by Gasteiger charge is 2.02. The van der Waals surface area contributed by atoms with Crippen molar-refractivity contribution in [3.05, 3.63) is 45.0 Å². The Labute approximate surface area is 113 Å². The lowest BCUT2D eigenvalue weighted by atomic mass is 10.2. The number of nitrogens with two attached hydrogens (primary N) is 1. The summed E-state index contributed by atoms with van der Waals surface area (Å²) in [6, 6.07) is 5.94. The predicted molar refractivity (Wildman–Crippen MR) is 75.3 cm³/mol. The van der Waals surface area contributed by atoms with Crippen molar-refractivity contribution in [3.63, 3.8) is 0 Å². The third kappa shape index (κ3) is 4.89. The molecule has 1 aromatic rings. The maximum atomic E-state index is 10.5. The molecule has 0 aliphatic heterocycles. The molecule has 8 heteroatoms. The van der Waals surface area contributed by atoms with E-state index in [1.165, 1.54) is 18.3 Å². The lowest BCUT2D eigenvalue weighted by molar-refractivity contribution is -0.384. The first-order chi connectivity index (χ1) is 8.49. The van der Waals surface area contributed by atoms with Crippen molar-refractivity contribution in [2.24, 2.45) is 10.8 Å². The average Bonchev–Trinajstić information content (AvgIpc) is 2.29. The van der Waals surface area contributed by atoms with E-state index in [0.29, 0.717) is 10.6 Å². The molecule has 0 heterocycles. The van der Waals surface area contributed by atoms with E-state index >= 15 is 0 Å². The third-order valence-corrected chi connectivity index (χ3v) is 2.07. The second-order valence-electron chi connectivity index (χ2n) is 3.11. The van der Waals surface area contributed by atoms with Gasteiger partial charge < -0.3 is 5.73 Å². The molecule has 0 unspecified atom stereocenters. The van der Waals surface area contributed by atoms with Gasteiger partial charge in [-0.3, -0.25) is 15.5 Å². The van der Waals surface area contributed by atoms with E-state index in [9.17, 15) is 10.1 Å². The molecule has 1 aromatic carbocycles. The minimum Gasteiger partial charge on any atom is -0.375 e. The van der Waals surface area contributed by atoms with Gasteiger partial charge in [0.25, 0.3) is 5.69 Å². The number of hydrogen-bond acceptors (Lipinski definition) is 4. The van der Waals surface area contributed by atoms with E-state index in [0.717, 1.165) is 0 Å². The summed E-state index contributed by atoms with van der Waals surface area (Å²) >= 11 is 10.4. The Hall–Kier alpha value is -1.99. The zero-order valence-electron chi connectivity index (χ0n) is 9.04. The molecular weight excluding hydrogens is 276 g/mol. The largest absolute Gasteiger partial charge is 0.375 e. The van der Waals surface area contributed by atoms with Gasteiger partial charge in [-0.05, 0) is 36.0 Å². The number of nitrogens with zero attached hydrogens (tertiary/aromatic N) is 2. The van der Waals surface area contributed by atoms with Crippen molar-refractivity contribution < 1.29 is 4.92 Å². The van der Waals surface area contributed by atoms with Crippen LogP contribution in [-0.4, -0.2) is 16.3 Å². The van der Waals surface area contributed by atoms with Crippen LogP contribution >= 0.6 is 23.8 Å². The average molecular weight is 285 g/mol. The van der Waals surface area contributed by atoms with Crippen LogP contribution < -0.4 is 11.2 Å². The number of nitro benzene ring substituents is 1. The lowest BCUT2D eigenvalue weighted by Gasteiger charge is -1.95. The van der Waals surface area contributed by atoms with Gasteiger partial charge in [-0.25, -0.2) is 0 Å². The van der Waals surface area contributed by atoms with Crippen LogP contribution in [0.1, 0.15) is 5.56 Å². The Morgan fingerprint density at radius 3 is 2.61 bits per heavy atom. The number of allylic oxidation sites excluding steroid dienone is 1. The summed E-state index contributed by atoms with van der Waals surface area (Å²) in [7, 11) is 0. The molecule has 3 N–H and O–H groups in total. The molecule has 94 valence electrons. The first-order valence-electron chi connectivity index (χ1n) is 4.69. The highest BCUT2D eigenvalue weighted by molar-refractivity contribution is 7.80. The minimum atomic E-state index is -0.470. The second kappa shape index (κ2) is 6.67. The van der Waals surface area contributed by atoms with Crippen LogP contribution in [0.4, 0.5) is 5.69 Å². The molecule has 0 radical (unpaired) electrons. The Morgan fingerprint density at radius 2 is 2.11 bits per heavy atom. The van der Waals surface area contributed by atoms with Crippen LogP contribution in [0.5, 0.6) is 0 Å². The normalized spacial score (nSPS) is 11.5. The monoisotopic (exact) mass is 284 g/mol. The van der Waals surface area contributed by atoms with Crippen LogP contribution in [0.25, 0.3) is 6.08 Å². The standard InChI is InChI=1S/C10H9ClN4O2S/c11-8(6-13-14-10(12)18)5-7-1-3-9(4-2-7)15(16)17/h1-6H,(H3,12,14,18)/b8-5-,13-6-. The number of hydrogen-bond donors (Lipinski definition) is 2. The Morgan fingerprint density at radius 1 is 1.50 bits per heavy atom. The maximum absolute atomic E-state index is 10.5. The van der Waals surface area contributed by atoms with Crippen molar-refractivity contribution in [2.75, 3.05) is 0 Å². The summed E-state index contributed by atoms with van der Waals surface area (Å²) in [6.07, 6.45) is 2.91. The molecule has 0 aliphatic rings. The van der Waals surface area contributed by atoms with Gasteiger partial charge >= 0.3 is 0 Å². The van der Waals surface area contributed by atoms with Crippen LogP contribution in [0, 0.1) is 10.1 Å². The first kappa shape index (κ1) is 14.1. The van der Waals surface area contributed by atoms with Gasteiger partial charge in [0.15, 0.2) is 5.11 Å². The topological polar surface area (TPSA) is 93.5 Å². The quantitative estimate of drug-likeness (QED) is 0.382. The molecular formula is C10H9ClN4O2S. The molecule has 0 atom stereocenters. The van der Waals surface area contributed by atoms with Crippen molar-refractivity contribution >= 4 is 46.9 Å². The fraction of sp³-hybridized carbons (Fsp3) is 0. The van der Waals surface area contributed by atoms with Gasteiger partial charge in [-0.15, -0.1) is 0 Å². The summed E-state index contributed by atoms with van der Waals surface area (Å²) in [4.78, 5) is 9.98. The van der Waals surface area contributed by atoms with E-state index in [1.54, 1.807) is 18.2 Å². The SMILES string of the molecule is NC(=S)N/N=C\C(Cl)=C\c1ccc([N+](=O)[O-])cc1. The van der Waals surface area contributed by atoms with Crippen LogP contribution in [0.2, 0.25) is 0 Å². The van der Waals surface area contributed by atoms with Crippen molar-refractivity contribution in [2.45, 2.75) is 0 Å². The predicted octanol–water partition coefficient (Wildman–Crippen LogP) is 1.99. The molecule has 0 bridgehead atoms. The molecule has 0 saturated carbocycles. The number of halogens is 1. The summed E-state index contributed by atoms with van der Waals surface area (Å²) in [5.41, 5.74) is 8.24. The van der Waals surface area contributed by atoms with Crippen molar-refractivity contribution in [3.8, 4) is 0 Å². The summed E-state index contributed by atoms with van der Waals surface area (Å²) < 4.78 is 0. The number of benzene rings is 1. The smallest absolute Gasteiger partial charge is 0.269 e. The van der Waals surface area contributed by atoms with Gasteiger partial charge in [0.1, 0.15) is 0 Å². The Bertz CT molecular complexity index is 513. The van der Waals surface area contributed by atoms with Gasteiger partial charge in [0.05, 0.1) is 16.2 Å². The lowest BCUT2D eigenvalue weighted by Crippen LogP contribution is -2.23. The highest BCUT2D eigenvalue weighted by atomic mass is 35.5. The van der Waals surface area contributed by atoms with E-state index in [2.05, 4.69) is 22.7 Å². The number of non-ortho nitro benzene ring substituents is 1. The van der Waals surface area contributed by atoms with Gasteiger partial charge in [0.2, 0.25) is 0 Å². The summed E-state index contributed by atoms with van der Waals surface area (Å²) in [6.45, 7) is 0. The third-order valence-electron chi connectivity index (χ3n) is 1.77. The highest BCUT2D eigenvalue weighted by Crippen LogP contribution is 2.14. The summed E-state index contributed by atoms with van der Waals surface area (Å²) in [5.74, 6) is 0. The molecule has 0 aromatic heterocycles. The number of nitrogens with one attached hydrogen (secondary N) is 1.